The molecule has 0 saturated heterocycles. The van der Waals surface area contributed by atoms with E-state index in [1.807, 2.05) is 0 Å². The van der Waals surface area contributed by atoms with Crippen LogP contribution in [0.25, 0.3) is 0 Å². The Hall–Kier alpha value is -0.220. The van der Waals surface area contributed by atoms with E-state index in [0.717, 1.165) is 0 Å². The van der Waals surface area contributed by atoms with Crippen LogP contribution in [0.3, 0.4) is 0 Å². The second kappa shape index (κ2) is 3.25. The van der Waals surface area contributed by atoms with E-state index < -0.39 is 5.82 Å². The molecule has 10 heavy (non-hydrogen) atoms. The van der Waals surface area contributed by atoms with Crippen molar-refractivity contribution >= 4 is 27.5 Å². The third-order valence-corrected chi connectivity index (χ3v) is 1.74. The molecule has 0 spiro atoms. The van der Waals surface area contributed by atoms with E-state index in [0.29, 0.717) is 5.33 Å². The van der Waals surface area contributed by atoms with Crippen molar-refractivity contribution in [2.45, 2.75) is 5.33 Å². The zero-order valence-electron chi connectivity index (χ0n) is 4.81. The van der Waals surface area contributed by atoms with E-state index in [4.69, 9.17) is 11.6 Å². The molecule has 2 nitrogen and oxygen atoms in total. The van der Waals surface area contributed by atoms with Crippen LogP contribution in [0.4, 0.5) is 4.39 Å². The molecule has 0 N–H and O–H groups in total. The van der Waals surface area contributed by atoms with Crippen molar-refractivity contribution in [2.75, 3.05) is 0 Å². The predicted molar refractivity (Wildman–Crippen MR) is 39.6 cm³/mol. The van der Waals surface area contributed by atoms with Gasteiger partial charge in [0.25, 0.3) is 0 Å². The molecule has 0 fully saturated rings. The van der Waals surface area contributed by atoms with Gasteiger partial charge in [-0.05, 0) is 0 Å². The maximum atomic E-state index is 12.7. The summed E-state index contributed by atoms with van der Waals surface area (Å²) >= 11 is 8.40. The lowest BCUT2D eigenvalue weighted by Crippen LogP contribution is -1.93. The van der Waals surface area contributed by atoms with E-state index in [1.165, 1.54) is 6.33 Å². The van der Waals surface area contributed by atoms with Crippen LogP contribution in [0, 0.1) is 5.82 Å². The summed E-state index contributed by atoms with van der Waals surface area (Å²) in [5.74, 6) is -0.555. The summed E-state index contributed by atoms with van der Waals surface area (Å²) in [6, 6.07) is 0. The summed E-state index contributed by atoms with van der Waals surface area (Å²) in [5, 5.41) is 0.214. The molecule has 1 rings (SSSR count). The molecule has 0 amide bonds. The number of nitrogens with zero attached hydrogens (tertiary/aromatic N) is 2. The van der Waals surface area contributed by atoms with Crippen LogP contribution in [0.15, 0.2) is 6.33 Å². The van der Waals surface area contributed by atoms with Crippen molar-refractivity contribution in [3.8, 4) is 0 Å². The van der Waals surface area contributed by atoms with Crippen molar-refractivity contribution in [3.05, 3.63) is 23.0 Å². The second-order valence-corrected chi connectivity index (χ2v) is 2.48. The lowest BCUT2D eigenvalue weighted by molar-refractivity contribution is 0.601. The highest BCUT2D eigenvalue weighted by Crippen LogP contribution is 2.14. The monoisotopic (exact) mass is 224 g/mol. The first-order valence-electron chi connectivity index (χ1n) is 2.46. The number of halogens is 3. The third kappa shape index (κ3) is 1.44. The fraction of sp³-hybridized carbons (Fsp3) is 0.200. The molecular formula is C5H3BrClFN2. The molecule has 0 aliphatic heterocycles. The topological polar surface area (TPSA) is 25.8 Å². The van der Waals surface area contributed by atoms with E-state index >= 15 is 0 Å². The predicted octanol–water partition coefficient (Wildman–Crippen LogP) is 2.16. The smallest absolute Gasteiger partial charge is 0.182 e. The molecule has 0 aliphatic carbocycles. The number of aromatic nitrogens is 2. The normalized spacial score (nSPS) is 9.90. The van der Waals surface area contributed by atoms with Crippen LogP contribution in [0.1, 0.15) is 5.69 Å². The first-order chi connectivity index (χ1) is 4.75. The van der Waals surface area contributed by atoms with Crippen LogP contribution in [0.5, 0.6) is 0 Å². The van der Waals surface area contributed by atoms with Gasteiger partial charge in [-0.1, -0.05) is 27.5 Å². The Morgan fingerprint density at radius 2 is 2.30 bits per heavy atom. The number of hydrogen-bond acceptors (Lipinski definition) is 2. The summed E-state index contributed by atoms with van der Waals surface area (Å²) in [4.78, 5) is 7.09. The SMILES string of the molecule is Fc1c(Cl)ncnc1CBr. The highest BCUT2D eigenvalue weighted by Gasteiger charge is 2.06. The average Bonchev–Trinajstić information content (AvgIpc) is 1.95. The van der Waals surface area contributed by atoms with E-state index in [2.05, 4.69) is 25.9 Å². The Balaban J connectivity index is 3.14. The minimum atomic E-state index is -0.555. The highest BCUT2D eigenvalue weighted by atomic mass is 79.9. The van der Waals surface area contributed by atoms with Gasteiger partial charge in [-0.2, -0.15) is 0 Å². The molecular weight excluding hydrogens is 222 g/mol. The van der Waals surface area contributed by atoms with Crippen LogP contribution in [-0.4, -0.2) is 9.97 Å². The van der Waals surface area contributed by atoms with E-state index in [-0.39, 0.29) is 10.8 Å². The Kier molecular flexibility index (Phi) is 2.56. The third-order valence-electron chi connectivity index (χ3n) is 0.946. The largest absolute Gasteiger partial charge is 0.237 e. The molecule has 0 aliphatic rings. The summed E-state index contributed by atoms with van der Waals surface area (Å²) < 4.78 is 12.7. The maximum absolute atomic E-state index is 12.7. The molecule has 54 valence electrons. The Labute approximate surface area is 70.6 Å². The first kappa shape index (κ1) is 7.88. The van der Waals surface area contributed by atoms with Gasteiger partial charge in [0.15, 0.2) is 11.0 Å². The summed E-state index contributed by atoms with van der Waals surface area (Å²) in [6.45, 7) is 0. The quantitative estimate of drug-likeness (QED) is 0.541. The Morgan fingerprint density at radius 1 is 1.60 bits per heavy atom. The standard InChI is InChI=1S/C5H3BrClFN2/c6-1-3-4(8)5(7)10-2-9-3/h2H,1H2. The molecule has 1 aromatic rings. The van der Waals surface area contributed by atoms with Crippen LogP contribution < -0.4 is 0 Å². The molecule has 0 atom stereocenters. The number of hydrogen-bond donors (Lipinski definition) is 0. The first-order valence-corrected chi connectivity index (χ1v) is 3.96. The van der Waals surface area contributed by atoms with Crippen molar-refractivity contribution in [1.82, 2.24) is 9.97 Å². The Morgan fingerprint density at radius 3 is 2.80 bits per heavy atom. The van der Waals surface area contributed by atoms with Gasteiger partial charge in [0.1, 0.15) is 6.33 Å². The van der Waals surface area contributed by atoms with Gasteiger partial charge in [-0.3, -0.25) is 0 Å². The molecule has 1 aromatic heterocycles. The average molecular weight is 225 g/mol. The maximum Gasteiger partial charge on any atom is 0.182 e. The van der Waals surface area contributed by atoms with Gasteiger partial charge in [0.2, 0.25) is 0 Å². The summed E-state index contributed by atoms with van der Waals surface area (Å²) in [5.41, 5.74) is 0.278. The van der Waals surface area contributed by atoms with Gasteiger partial charge in [-0.15, -0.1) is 0 Å². The zero-order chi connectivity index (χ0) is 7.56. The fourth-order valence-electron chi connectivity index (χ4n) is 0.475. The zero-order valence-corrected chi connectivity index (χ0v) is 7.15. The minimum Gasteiger partial charge on any atom is -0.237 e. The van der Waals surface area contributed by atoms with Crippen molar-refractivity contribution in [3.63, 3.8) is 0 Å². The fourth-order valence-corrected chi connectivity index (χ4v) is 1.02. The molecule has 0 unspecified atom stereocenters. The van der Waals surface area contributed by atoms with Gasteiger partial charge in [-0.25, -0.2) is 14.4 Å². The van der Waals surface area contributed by atoms with Gasteiger partial charge >= 0.3 is 0 Å². The van der Waals surface area contributed by atoms with Gasteiger partial charge in [0.05, 0.1) is 5.69 Å². The molecule has 0 aromatic carbocycles. The van der Waals surface area contributed by atoms with E-state index in [1.54, 1.807) is 0 Å². The van der Waals surface area contributed by atoms with Crippen molar-refractivity contribution in [2.24, 2.45) is 0 Å². The van der Waals surface area contributed by atoms with Crippen molar-refractivity contribution < 1.29 is 4.39 Å². The van der Waals surface area contributed by atoms with Gasteiger partial charge < -0.3 is 0 Å². The van der Waals surface area contributed by atoms with Crippen LogP contribution in [0.2, 0.25) is 5.15 Å². The van der Waals surface area contributed by atoms with Crippen LogP contribution >= 0.6 is 27.5 Å². The van der Waals surface area contributed by atoms with Crippen molar-refractivity contribution in [1.29, 1.82) is 0 Å². The van der Waals surface area contributed by atoms with Gasteiger partial charge in [0, 0.05) is 5.33 Å². The molecule has 5 heteroatoms. The van der Waals surface area contributed by atoms with E-state index in [9.17, 15) is 4.39 Å². The van der Waals surface area contributed by atoms with Crippen LogP contribution in [-0.2, 0) is 5.33 Å². The molecule has 0 radical (unpaired) electrons. The minimum absolute atomic E-state index is 0.135. The second-order valence-electron chi connectivity index (χ2n) is 1.56. The molecule has 0 bridgehead atoms. The lowest BCUT2D eigenvalue weighted by atomic mass is 10.4. The number of alkyl halides is 1. The molecule has 0 saturated carbocycles. The summed E-state index contributed by atoms with van der Waals surface area (Å²) in [7, 11) is 0. The number of rotatable bonds is 1. The molecule has 1 heterocycles. The summed E-state index contributed by atoms with van der Waals surface area (Å²) in [6.07, 6.45) is 1.22. The lowest BCUT2D eigenvalue weighted by Gasteiger charge is -1.95. The Bertz CT molecular complexity index is 243. The highest BCUT2D eigenvalue weighted by molar-refractivity contribution is 9.08.